The molecule has 0 fully saturated rings. The van der Waals surface area contributed by atoms with E-state index in [1.807, 2.05) is 6.92 Å². The average Bonchev–Trinajstić information content (AvgIpc) is 2.37. The zero-order valence-electron chi connectivity index (χ0n) is 11.1. The van der Waals surface area contributed by atoms with Crippen molar-refractivity contribution >= 4 is 16.9 Å². The lowest BCUT2D eigenvalue weighted by atomic mass is 10.0. The minimum Gasteiger partial charge on any atom is -0.496 e. The van der Waals surface area contributed by atoms with Gasteiger partial charge in [0.05, 0.1) is 20.6 Å². The Labute approximate surface area is 110 Å². The number of aromatic nitrogens is 1. The van der Waals surface area contributed by atoms with Crippen molar-refractivity contribution < 1.29 is 19.4 Å². The van der Waals surface area contributed by atoms with Crippen molar-refractivity contribution in [3.63, 3.8) is 0 Å². The van der Waals surface area contributed by atoms with Gasteiger partial charge in [-0.1, -0.05) is 6.07 Å². The van der Waals surface area contributed by atoms with Crippen molar-refractivity contribution in [2.75, 3.05) is 14.2 Å². The van der Waals surface area contributed by atoms with Gasteiger partial charge in [0, 0.05) is 17.1 Å². The van der Waals surface area contributed by atoms with Gasteiger partial charge in [0.15, 0.2) is 0 Å². The molecule has 0 aliphatic rings. The number of aliphatic carboxylic acids is 1. The zero-order valence-corrected chi connectivity index (χ0v) is 11.1. The molecule has 5 nitrogen and oxygen atoms in total. The van der Waals surface area contributed by atoms with Gasteiger partial charge in [0.1, 0.15) is 17.0 Å². The highest BCUT2D eigenvalue weighted by Gasteiger charge is 2.15. The molecule has 0 atom stereocenters. The van der Waals surface area contributed by atoms with E-state index in [4.69, 9.17) is 14.6 Å². The lowest BCUT2D eigenvalue weighted by molar-refractivity contribution is -0.136. The molecule has 19 heavy (non-hydrogen) atoms. The Hall–Kier alpha value is -2.30. The minimum absolute atomic E-state index is 0.0818. The lowest BCUT2D eigenvalue weighted by Gasteiger charge is -2.13. The molecule has 0 spiro atoms. The second-order valence-corrected chi connectivity index (χ2v) is 4.19. The third-order valence-electron chi connectivity index (χ3n) is 2.88. The molecule has 1 aromatic heterocycles. The van der Waals surface area contributed by atoms with Crippen LogP contribution in [0.1, 0.15) is 11.3 Å². The molecule has 0 saturated heterocycles. The van der Waals surface area contributed by atoms with Gasteiger partial charge in [-0.15, -0.1) is 0 Å². The number of ether oxygens (including phenoxy) is 2. The first-order valence-electron chi connectivity index (χ1n) is 5.79. The first kappa shape index (κ1) is 13.1. The van der Waals surface area contributed by atoms with E-state index in [0.717, 1.165) is 5.69 Å². The Morgan fingerprint density at radius 3 is 2.53 bits per heavy atom. The zero-order chi connectivity index (χ0) is 14.0. The van der Waals surface area contributed by atoms with Crippen molar-refractivity contribution in [3.8, 4) is 11.5 Å². The number of carboxylic acid groups (broad SMARTS) is 1. The van der Waals surface area contributed by atoms with Gasteiger partial charge in [-0.25, -0.2) is 4.98 Å². The van der Waals surface area contributed by atoms with Gasteiger partial charge in [-0.2, -0.15) is 0 Å². The van der Waals surface area contributed by atoms with Crippen LogP contribution in [0.25, 0.3) is 10.9 Å². The Morgan fingerprint density at radius 2 is 1.95 bits per heavy atom. The van der Waals surface area contributed by atoms with Crippen molar-refractivity contribution in [1.82, 2.24) is 4.98 Å². The van der Waals surface area contributed by atoms with Crippen LogP contribution >= 0.6 is 0 Å². The largest absolute Gasteiger partial charge is 0.496 e. The highest BCUT2D eigenvalue weighted by Crippen LogP contribution is 2.34. The Morgan fingerprint density at radius 1 is 1.26 bits per heavy atom. The third kappa shape index (κ3) is 2.45. The number of aryl methyl sites for hydroxylation is 1. The minimum atomic E-state index is -0.894. The quantitative estimate of drug-likeness (QED) is 0.913. The fourth-order valence-electron chi connectivity index (χ4n) is 2.11. The van der Waals surface area contributed by atoms with E-state index < -0.39 is 5.97 Å². The highest BCUT2D eigenvalue weighted by atomic mass is 16.5. The summed E-state index contributed by atoms with van der Waals surface area (Å²) >= 11 is 0. The third-order valence-corrected chi connectivity index (χ3v) is 2.88. The van der Waals surface area contributed by atoms with Crippen LogP contribution < -0.4 is 9.47 Å². The summed E-state index contributed by atoms with van der Waals surface area (Å²) < 4.78 is 10.6. The monoisotopic (exact) mass is 261 g/mol. The molecule has 1 heterocycles. The summed E-state index contributed by atoms with van der Waals surface area (Å²) in [5.74, 6) is 0.317. The van der Waals surface area contributed by atoms with E-state index in [1.165, 1.54) is 0 Å². The second kappa shape index (κ2) is 5.14. The topological polar surface area (TPSA) is 68.7 Å². The number of benzene rings is 1. The first-order chi connectivity index (χ1) is 9.06. The van der Waals surface area contributed by atoms with E-state index >= 15 is 0 Å². The normalized spacial score (nSPS) is 10.5. The SMILES string of the molecule is COc1ccc(CC(=O)O)c2c(OC)cc(C)nc12. The summed E-state index contributed by atoms with van der Waals surface area (Å²) in [7, 11) is 3.11. The van der Waals surface area contributed by atoms with Crippen molar-refractivity contribution in [3.05, 3.63) is 29.5 Å². The van der Waals surface area contributed by atoms with Crippen LogP contribution in [0.4, 0.5) is 0 Å². The van der Waals surface area contributed by atoms with Crippen LogP contribution in [-0.4, -0.2) is 30.3 Å². The van der Waals surface area contributed by atoms with Gasteiger partial charge in [-0.05, 0) is 18.6 Å². The van der Waals surface area contributed by atoms with Gasteiger partial charge >= 0.3 is 5.97 Å². The number of fused-ring (bicyclic) bond motifs is 1. The number of rotatable bonds is 4. The molecule has 0 radical (unpaired) electrons. The summed E-state index contributed by atoms with van der Waals surface area (Å²) in [5.41, 5.74) is 2.07. The van der Waals surface area contributed by atoms with Gasteiger partial charge in [-0.3, -0.25) is 4.79 Å². The molecule has 0 aliphatic heterocycles. The summed E-state index contributed by atoms with van der Waals surface area (Å²) in [6, 6.07) is 5.24. The predicted octanol–water partition coefficient (Wildman–Crippen LogP) is 2.19. The maximum Gasteiger partial charge on any atom is 0.307 e. The smallest absolute Gasteiger partial charge is 0.307 e. The number of nitrogens with zero attached hydrogens (tertiary/aromatic N) is 1. The van der Waals surface area contributed by atoms with Crippen LogP contribution in [0.15, 0.2) is 18.2 Å². The molecular formula is C14H15NO4. The molecule has 100 valence electrons. The lowest BCUT2D eigenvalue weighted by Crippen LogP contribution is -2.03. The van der Waals surface area contributed by atoms with Gasteiger partial charge in [0.2, 0.25) is 0 Å². The van der Waals surface area contributed by atoms with E-state index in [9.17, 15) is 4.79 Å². The summed E-state index contributed by atoms with van der Waals surface area (Å²) in [5, 5.41) is 9.67. The molecule has 0 saturated carbocycles. The summed E-state index contributed by atoms with van der Waals surface area (Å²) in [6.07, 6.45) is -0.0818. The van der Waals surface area contributed by atoms with E-state index in [2.05, 4.69) is 4.98 Å². The molecule has 5 heteroatoms. The fourth-order valence-corrected chi connectivity index (χ4v) is 2.11. The van der Waals surface area contributed by atoms with Crippen LogP contribution in [-0.2, 0) is 11.2 Å². The van der Waals surface area contributed by atoms with Crippen LogP contribution in [0, 0.1) is 6.92 Å². The summed E-state index contributed by atoms with van der Waals surface area (Å²) in [4.78, 5) is 15.4. The predicted molar refractivity (Wildman–Crippen MR) is 70.9 cm³/mol. The van der Waals surface area contributed by atoms with Crippen molar-refractivity contribution in [1.29, 1.82) is 0 Å². The molecule has 2 aromatic rings. The number of pyridine rings is 1. The number of methoxy groups -OCH3 is 2. The molecule has 0 aliphatic carbocycles. The molecule has 0 bridgehead atoms. The molecule has 0 amide bonds. The molecule has 2 rings (SSSR count). The number of carboxylic acids is 1. The van der Waals surface area contributed by atoms with Crippen LogP contribution in [0.2, 0.25) is 0 Å². The number of carbonyl (C=O) groups is 1. The average molecular weight is 261 g/mol. The van der Waals surface area contributed by atoms with E-state index in [0.29, 0.717) is 28.0 Å². The maximum atomic E-state index is 10.9. The van der Waals surface area contributed by atoms with Crippen molar-refractivity contribution in [2.45, 2.75) is 13.3 Å². The number of hydrogen-bond acceptors (Lipinski definition) is 4. The Bertz CT molecular complexity index is 637. The van der Waals surface area contributed by atoms with Crippen LogP contribution in [0.3, 0.4) is 0 Å². The maximum absolute atomic E-state index is 10.9. The van der Waals surface area contributed by atoms with Crippen LogP contribution in [0.5, 0.6) is 11.5 Å². The highest BCUT2D eigenvalue weighted by molar-refractivity contribution is 5.95. The molecule has 1 aromatic carbocycles. The Balaban J connectivity index is 2.81. The van der Waals surface area contributed by atoms with Crippen molar-refractivity contribution in [2.24, 2.45) is 0 Å². The Kier molecular flexibility index (Phi) is 3.55. The standard InChI is InChI=1S/C14H15NO4/c1-8-6-11(19-3)13-9(7-12(16)17)4-5-10(18-2)14(13)15-8/h4-6H,7H2,1-3H3,(H,16,17). The van der Waals surface area contributed by atoms with E-state index in [1.54, 1.807) is 32.4 Å². The summed E-state index contributed by atoms with van der Waals surface area (Å²) in [6.45, 7) is 1.85. The first-order valence-corrected chi connectivity index (χ1v) is 5.79. The van der Waals surface area contributed by atoms with Gasteiger partial charge < -0.3 is 14.6 Å². The molecular weight excluding hydrogens is 246 g/mol. The second-order valence-electron chi connectivity index (χ2n) is 4.19. The van der Waals surface area contributed by atoms with Gasteiger partial charge in [0.25, 0.3) is 0 Å². The fraction of sp³-hybridized carbons (Fsp3) is 0.286. The number of hydrogen-bond donors (Lipinski definition) is 1. The molecule has 1 N–H and O–H groups in total. The van der Waals surface area contributed by atoms with E-state index in [-0.39, 0.29) is 6.42 Å². The molecule has 0 unspecified atom stereocenters.